The highest BCUT2D eigenvalue weighted by Crippen LogP contribution is 2.21. The second-order valence-electron chi connectivity index (χ2n) is 3.20. The van der Waals surface area contributed by atoms with Gasteiger partial charge in [0.25, 0.3) is 0 Å². The van der Waals surface area contributed by atoms with E-state index >= 15 is 0 Å². The molecule has 0 heterocycles. The maximum Gasteiger partial charge on any atom is 0.188 e. The smallest absolute Gasteiger partial charge is 0.188 e. The van der Waals surface area contributed by atoms with Gasteiger partial charge in [-0.3, -0.25) is 0 Å². The maximum atomic E-state index is 12.9. The van der Waals surface area contributed by atoms with E-state index in [9.17, 15) is 4.39 Å². The Labute approximate surface area is 87.2 Å². The lowest BCUT2D eigenvalue weighted by atomic mass is 10.1. The van der Waals surface area contributed by atoms with Crippen LogP contribution >= 0.6 is 0 Å². The quantitative estimate of drug-likeness (QED) is 0.719. The van der Waals surface area contributed by atoms with Crippen LogP contribution in [0.4, 0.5) is 4.39 Å². The monoisotopic (exact) mass is 206 g/mol. The van der Waals surface area contributed by atoms with Gasteiger partial charge in [-0.25, -0.2) is 4.39 Å². The molecule has 0 unspecified atom stereocenters. The molecule has 78 valence electrons. The first-order chi connectivity index (χ1) is 7.29. The first-order valence-electron chi connectivity index (χ1n) is 4.60. The summed E-state index contributed by atoms with van der Waals surface area (Å²) in [6.45, 7) is 0.215. The van der Waals surface area contributed by atoms with Crippen molar-refractivity contribution in [2.45, 2.75) is 0 Å². The zero-order valence-electron chi connectivity index (χ0n) is 8.37. The summed E-state index contributed by atoms with van der Waals surface area (Å²) in [7, 11) is 1.57. The maximum absolute atomic E-state index is 12.9. The van der Waals surface area contributed by atoms with Crippen LogP contribution in [0.25, 0.3) is 10.8 Å². The molecule has 2 aromatic rings. The van der Waals surface area contributed by atoms with Crippen molar-refractivity contribution in [3.05, 3.63) is 42.2 Å². The molecule has 0 bridgehead atoms. The molecule has 0 aliphatic rings. The van der Waals surface area contributed by atoms with Crippen LogP contribution in [0.5, 0.6) is 5.75 Å². The van der Waals surface area contributed by atoms with Crippen LogP contribution in [-0.2, 0) is 4.74 Å². The van der Waals surface area contributed by atoms with Crippen molar-refractivity contribution in [2.75, 3.05) is 13.9 Å². The van der Waals surface area contributed by atoms with Gasteiger partial charge < -0.3 is 9.47 Å². The first kappa shape index (κ1) is 9.93. The number of fused-ring (bicyclic) bond motifs is 1. The van der Waals surface area contributed by atoms with Crippen LogP contribution in [0.15, 0.2) is 36.4 Å². The summed E-state index contributed by atoms with van der Waals surface area (Å²) >= 11 is 0. The second kappa shape index (κ2) is 4.28. The summed E-state index contributed by atoms with van der Waals surface area (Å²) < 4.78 is 23.0. The summed E-state index contributed by atoms with van der Waals surface area (Å²) in [5.41, 5.74) is 0. The molecule has 0 radical (unpaired) electrons. The van der Waals surface area contributed by atoms with E-state index in [1.807, 2.05) is 12.1 Å². The SMILES string of the molecule is COCOc1ccc2cc(F)ccc2c1. The summed E-state index contributed by atoms with van der Waals surface area (Å²) in [4.78, 5) is 0. The van der Waals surface area contributed by atoms with E-state index in [0.717, 1.165) is 16.5 Å². The molecule has 0 aromatic heterocycles. The Balaban J connectivity index is 2.34. The van der Waals surface area contributed by atoms with Gasteiger partial charge in [0, 0.05) is 7.11 Å². The Morgan fingerprint density at radius 1 is 1.07 bits per heavy atom. The van der Waals surface area contributed by atoms with E-state index in [2.05, 4.69) is 0 Å². The van der Waals surface area contributed by atoms with Gasteiger partial charge in [-0.2, -0.15) is 0 Å². The standard InChI is InChI=1S/C12H11FO2/c1-14-8-15-12-5-3-9-6-11(13)4-2-10(9)7-12/h2-7H,8H2,1H3. The van der Waals surface area contributed by atoms with Crippen molar-refractivity contribution in [3.8, 4) is 5.75 Å². The summed E-state index contributed by atoms with van der Waals surface area (Å²) in [5.74, 6) is 0.490. The topological polar surface area (TPSA) is 18.5 Å². The highest BCUT2D eigenvalue weighted by Gasteiger charge is 1.98. The first-order valence-corrected chi connectivity index (χ1v) is 4.60. The average molecular weight is 206 g/mol. The molecule has 15 heavy (non-hydrogen) atoms. The number of methoxy groups -OCH3 is 1. The summed E-state index contributed by atoms with van der Waals surface area (Å²) in [5, 5.41) is 1.81. The minimum Gasteiger partial charge on any atom is -0.468 e. The van der Waals surface area contributed by atoms with E-state index in [0.29, 0.717) is 0 Å². The van der Waals surface area contributed by atoms with Crippen molar-refractivity contribution in [2.24, 2.45) is 0 Å². The molecule has 0 saturated heterocycles. The lowest BCUT2D eigenvalue weighted by Crippen LogP contribution is -1.98. The summed E-state index contributed by atoms with van der Waals surface area (Å²) in [6, 6.07) is 10.1. The van der Waals surface area contributed by atoms with Gasteiger partial charge in [0.1, 0.15) is 11.6 Å². The number of rotatable bonds is 3. The number of halogens is 1. The lowest BCUT2D eigenvalue weighted by molar-refractivity contribution is 0.0512. The van der Waals surface area contributed by atoms with Crippen LogP contribution in [0.2, 0.25) is 0 Å². The Bertz CT molecular complexity index is 468. The molecule has 0 saturated carbocycles. The molecular formula is C12H11FO2. The number of benzene rings is 2. The van der Waals surface area contributed by atoms with Gasteiger partial charge in [-0.05, 0) is 35.0 Å². The zero-order valence-corrected chi connectivity index (χ0v) is 8.37. The molecule has 0 atom stereocenters. The predicted octanol–water partition coefficient (Wildman–Crippen LogP) is 2.96. The third kappa shape index (κ3) is 2.25. The van der Waals surface area contributed by atoms with Crippen molar-refractivity contribution < 1.29 is 13.9 Å². The fraction of sp³-hybridized carbons (Fsp3) is 0.167. The number of hydrogen-bond acceptors (Lipinski definition) is 2. The lowest BCUT2D eigenvalue weighted by Gasteiger charge is -2.05. The van der Waals surface area contributed by atoms with Crippen LogP contribution < -0.4 is 4.74 Å². The third-order valence-corrected chi connectivity index (χ3v) is 2.12. The van der Waals surface area contributed by atoms with E-state index in [4.69, 9.17) is 9.47 Å². The highest BCUT2D eigenvalue weighted by atomic mass is 19.1. The van der Waals surface area contributed by atoms with Crippen LogP contribution in [0, 0.1) is 5.82 Å². The Morgan fingerprint density at radius 2 is 1.80 bits per heavy atom. The Kier molecular flexibility index (Phi) is 2.83. The van der Waals surface area contributed by atoms with Crippen molar-refractivity contribution in [1.82, 2.24) is 0 Å². The highest BCUT2D eigenvalue weighted by molar-refractivity contribution is 5.83. The van der Waals surface area contributed by atoms with Gasteiger partial charge in [0.15, 0.2) is 6.79 Å². The van der Waals surface area contributed by atoms with Gasteiger partial charge in [-0.1, -0.05) is 12.1 Å². The van der Waals surface area contributed by atoms with E-state index in [1.54, 1.807) is 19.2 Å². The third-order valence-electron chi connectivity index (χ3n) is 2.12. The summed E-state index contributed by atoms with van der Waals surface area (Å²) in [6.07, 6.45) is 0. The van der Waals surface area contributed by atoms with E-state index < -0.39 is 0 Å². The van der Waals surface area contributed by atoms with Crippen LogP contribution in [-0.4, -0.2) is 13.9 Å². The molecule has 0 aliphatic carbocycles. The minimum atomic E-state index is -0.229. The molecule has 0 aliphatic heterocycles. The normalized spacial score (nSPS) is 10.5. The molecule has 3 heteroatoms. The fourth-order valence-corrected chi connectivity index (χ4v) is 1.41. The Morgan fingerprint density at radius 3 is 2.60 bits per heavy atom. The minimum absolute atomic E-state index is 0.215. The molecule has 0 N–H and O–H groups in total. The zero-order chi connectivity index (χ0) is 10.7. The molecule has 2 nitrogen and oxygen atoms in total. The number of ether oxygens (including phenoxy) is 2. The Hall–Kier alpha value is -1.61. The van der Waals surface area contributed by atoms with Gasteiger partial charge >= 0.3 is 0 Å². The van der Waals surface area contributed by atoms with Gasteiger partial charge in [-0.15, -0.1) is 0 Å². The molecule has 2 aromatic carbocycles. The average Bonchev–Trinajstić information content (AvgIpc) is 2.26. The number of hydrogen-bond donors (Lipinski definition) is 0. The second-order valence-corrected chi connectivity index (χ2v) is 3.20. The van der Waals surface area contributed by atoms with Crippen molar-refractivity contribution in [3.63, 3.8) is 0 Å². The van der Waals surface area contributed by atoms with Crippen molar-refractivity contribution in [1.29, 1.82) is 0 Å². The van der Waals surface area contributed by atoms with Gasteiger partial charge in [0.05, 0.1) is 0 Å². The van der Waals surface area contributed by atoms with E-state index in [-0.39, 0.29) is 12.6 Å². The van der Waals surface area contributed by atoms with E-state index in [1.165, 1.54) is 12.1 Å². The predicted molar refractivity (Wildman–Crippen MR) is 56.4 cm³/mol. The molecule has 0 amide bonds. The van der Waals surface area contributed by atoms with Crippen molar-refractivity contribution >= 4 is 10.8 Å². The molecular weight excluding hydrogens is 195 g/mol. The molecule has 2 rings (SSSR count). The fourth-order valence-electron chi connectivity index (χ4n) is 1.41. The molecule has 0 spiro atoms. The van der Waals surface area contributed by atoms with Gasteiger partial charge in [0.2, 0.25) is 0 Å². The van der Waals surface area contributed by atoms with Crippen LogP contribution in [0.3, 0.4) is 0 Å². The van der Waals surface area contributed by atoms with Crippen LogP contribution in [0.1, 0.15) is 0 Å². The molecule has 0 fully saturated rings. The largest absolute Gasteiger partial charge is 0.468 e.